The highest BCUT2D eigenvalue weighted by atomic mass is 35.5. The molecule has 0 radical (unpaired) electrons. The van der Waals surface area contributed by atoms with Crippen LogP contribution in [-0.4, -0.2) is 18.5 Å². The maximum absolute atomic E-state index is 13.0. The van der Waals surface area contributed by atoms with Crippen LogP contribution in [-0.2, 0) is 26.9 Å². The highest BCUT2D eigenvalue weighted by molar-refractivity contribution is 6.35. The molecular formula is C17H11Cl3F3NO3. The number of carbonyl (C=O) groups excluding carboxylic acids is 2. The van der Waals surface area contributed by atoms with Crippen molar-refractivity contribution in [3.8, 4) is 0 Å². The number of alkyl halides is 3. The summed E-state index contributed by atoms with van der Waals surface area (Å²) >= 11 is 17.4. The van der Waals surface area contributed by atoms with Crippen molar-refractivity contribution in [3.63, 3.8) is 0 Å². The van der Waals surface area contributed by atoms with Crippen LogP contribution in [0.4, 0.5) is 18.9 Å². The molecule has 0 aliphatic heterocycles. The first-order valence-corrected chi connectivity index (χ1v) is 8.46. The van der Waals surface area contributed by atoms with Gasteiger partial charge in [0.15, 0.2) is 6.61 Å². The van der Waals surface area contributed by atoms with Crippen LogP contribution in [0.25, 0.3) is 0 Å². The molecule has 2 rings (SSSR count). The topological polar surface area (TPSA) is 55.4 Å². The Labute approximate surface area is 167 Å². The maximum atomic E-state index is 13.0. The van der Waals surface area contributed by atoms with E-state index in [0.717, 1.165) is 12.1 Å². The summed E-state index contributed by atoms with van der Waals surface area (Å²) in [4.78, 5) is 23.7. The molecule has 0 atom stereocenters. The monoisotopic (exact) mass is 439 g/mol. The fraction of sp³-hybridized carbons (Fsp3) is 0.176. The largest absolute Gasteiger partial charge is 0.455 e. The smallest absolute Gasteiger partial charge is 0.418 e. The molecule has 1 N–H and O–H groups in total. The van der Waals surface area contributed by atoms with Crippen molar-refractivity contribution in [2.24, 2.45) is 0 Å². The van der Waals surface area contributed by atoms with E-state index in [1.165, 1.54) is 24.3 Å². The first kappa shape index (κ1) is 21.3. The fourth-order valence-corrected chi connectivity index (χ4v) is 2.78. The molecule has 0 saturated carbocycles. The summed E-state index contributed by atoms with van der Waals surface area (Å²) in [5.41, 5.74) is -1.28. The molecule has 0 unspecified atom stereocenters. The van der Waals surface area contributed by atoms with Gasteiger partial charge < -0.3 is 10.1 Å². The van der Waals surface area contributed by atoms with Gasteiger partial charge in [0.25, 0.3) is 5.91 Å². The Morgan fingerprint density at radius 2 is 1.74 bits per heavy atom. The number of carbonyl (C=O) groups is 2. The number of anilines is 1. The van der Waals surface area contributed by atoms with Crippen LogP contribution < -0.4 is 5.32 Å². The van der Waals surface area contributed by atoms with E-state index in [4.69, 9.17) is 39.5 Å². The van der Waals surface area contributed by atoms with Gasteiger partial charge in [0.2, 0.25) is 0 Å². The first-order valence-electron chi connectivity index (χ1n) is 7.33. The van der Waals surface area contributed by atoms with Gasteiger partial charge in [-0.2, -0.15) is 13.2 Å². The van der Waals surface area contributed by atoms with Crippen molar-refractivity contribution >= 4 is 52.4 Å². The third-order valence-electron chi connectivity index (χ3n) is 3.30. The molecule has 0 aliphatic rings. The molecule has 0 aliphatic carbocycles. The molecule has 27 heavy (non-hydrogen) atoms. The second-order valence-corrected chi connectivity index (χ2v) is 6.53. The predicted molar refractivity (Wildman–Crippen MR) is 96.2 cm³/mol. The number of ether oxygens (including phenoxy) is 1. The lowest BCUT2D eigenvalue weighted by Gasteiger charge is -2.15. The van der Waals surface area contributed by atoms with Crippen molar-refractivity contribution in [2.75, 3.05) is 11.9 Å². The van der Waals surface area contributed by atoms with Crippen molar-refractivity contribution < 1.29 is 27.5 Å². The number of para-hydroxylation sites is 1. The zero-order valence-corrected chi connectivity index (χ0v) is 15.6. The third-order valence-corrected chi connectivity index (χ3v) is 4.20. The number of amides is 1. The lowest BCUT2D eigenvalue weighted by molar-refractivity contribution is -0.146. The van der Waals surface area contributed by atoms with Gasteiger partial charge in [0, 0.05) is 10.0 Å². The van der Waals surface area contributed by atoms with E-state index >= 15 is 0 Å². The van der Waals surface area contributed by atoms with Crippen LogP contribution in [0.1, 0.15) is 11.1 Å². The highest BCUT2D eigenvalue weighted by Gasteiger charge is 2.34. The second kappa shape index (κ2) is 8.82. The maximum Gasteiger partial charge on any atom is 0.418 e. The summed E-state index contributed by atoms with van der Waals surface area (Å²) in [7, 11) is 0. The SMILES string of the molecule is O=C(COC(=O)Cc1ccc(Cl)cc1Cl)Nc1c(Cl)cccc1C(F)(F)F. The Hall–Kier alpha value is -1.96. The summed E-state index contributed by atoms with van der Waals surface area (Å²) in [6.07, 6.45) is -4.95. The molecule has 0 spiro atoms. The van der Waals surface area contributed by atoms with E-state index in [0.29, 0.717) is 10.6 Å². The van der Waals surface area contributed by atoms with Gasteiger partial charge >= 0.3 is 12.1 Å². The predicted octanol–water partition coefficient (Wildman–Crippen LogP) is 5.39. The second-order valence-electron chi connectivity index (χ2n) is 5.28. The number of esters is 1. The van der Waals surface area contributed by atoms with Crippen LogP contribution in [0, 0.1) is 0 Å². The summed E-state index contributed by atoms with van der Waals surface area (Å²) < 4.78 is 43.7. The van der Waals surface area contributed by atoms with Crippen molar-refractivity contribution in [2.45, 2.75) is 12.6 Å². The minimum Gasteiger partial charge on any atom is -0.455 e. The van der Waals surface area contributed by atoms with Gasteiger partial charge in [0.1, 0.15) is 0 Å². The number of hydrogen-bond acceptors (Lipinski definition) is 3. The molecule has 144 valence electrons. The lowest BCUT2D eigenvalue weighted by Crippen LogP contribution is -2.23. The fourth-order valence-electron chi connectivity index (χ4n) is 2.08. The van der Waals surface area contributed by atoms with Gasteiger partial charge in [-0.1, -0.05) is 46.9 Å². The number of nitrogens with one attached hydrogen (secondary N) is 1. The minimum absolute atomic E-state index is 0.233. The molecule has 2 aromatic carbocycles. The van der Waals surface area contributed by atoms with Gasteiger partial charge in [-0.3, -0.25) is 9.59 Å². The summed E-state index contributed by atoms with van der Waals surface area (Å²) in [6.45, 7) is -0.785. The van der Waals surface area contributed by atoms with E-state index in [1.807, 2.05) is 5.32 Å². The number of benzene rings is 2. The minimum atomic E-state index is -4.71. The van der Waals surface area contributed by atoms with Crippen molar-refractivity contribution in [1.82, 2.24) is 0 Å². The normalized spacial score (nSPS) is 11.2. The molecule has 0 bridgehead atoms. The van der Waals surface area contributed by atoms with Crippen LogP contribution in [0.2, 0.25) is 15.1 Å². The molecule has 0 heterocycles. The highest BCUT2D eigenvalue weighted by Crippen LogP contribution is 2.38. The van der Waals surface area contributed by atoms with Gasteiger partial charge in [-0.25, -0.2) is 0 Å². The van der Waals surface area contributed by atoms with Crippen molar-refractivity contribution in [3.05, 3.63) is 62.6 Å². The Bertz CT molecular complexity index is 872. The molecular weight excluding hydrogens is 430 g/mol. The van der Waals surface area contributed by atoms with E-state index in [2.05, 4.69) is 0 Å². The van der Waals surface area contributed by atoms with Gasteiger partial charge in [-0.15, -0.1) is 0 Å². The third kappa shape index (κ3) is 6.02. The Morgan fingerprint density at radius 1 is 1.04 bits per heavy atom. The zero-order chi connectivity index (χ0) is 20.2. The standard InChI is InChI=1S/C17H11Cl3F3NO3/c18-10-5-4-9(13(20)7-10)6-15(26)27-8-14(25)24-16-11(17(21,22)23)2-1-3-12(16)19/h1-5,7H,6,8H2,(H,24,25). The molecule has 10 heteroatoms. The first-order chi connectivity index (χ1) is 12.6. The van der Waals surface area contributed by atoms with Gasteiger partial charge in [-0.05, 0) is 29.8 Å². The van der Waals surface area contributed by atoms with E-state index in [1.54, 1.807) is 0 Å². The summed E-state index contributed by atoms with van der Waals surface area (Å²) in [5.74, 6) is -1.76. The molecule has 0 aromatic heterocycles. The molecule has 0 fully saturated rings. The summed E-state index contributed by atoms with van der Waals surface area (Å²) in [6, 6.07) is 7.56. The molecule has 2 aromatic rings. The van der Waals surface area contributed by atoms with E-state index in [-0.39, 0.29) is 16.5 Å². The Balaban J connectivity index is 1.98. The van der Waals surface area contributed by atoms with Crippen LogP contribution in [0.5, 0.6) is 0 Å². The average Bonchev–Trinajstić information content (AvgIpc) is 2.56. The molecule has 1 amide bonds. The molecule has 0 saturated heterocycles. The average molecular weight is 441 g/mol. The lowest BCUT2D eigenvalue weighted by atomic mass is 10.1. The van der Waals surface area contributed by atoms with E-state index < -0.39 is 35.9 Å². The van der Waals surface area contributed by atoms with Crippen LogP contribution in [0.3, 0.4) is 0 Å². The quantitative estimate of drug-likeness (QED) is 0.634. The van der Waals surface area contributed by atoms with Crippen molar-refractivity contribution in [1.29, 1.82) is 0 Å². The Kier molecular flexibility index (Phi) is 6.97. The number of halogens is 6. The van der Waals surface area contributed by atoms with E-state index in [9.17, 15) is 22.8 Å². The zero-order valence-electron chi connectivity index (χ0n) is 13.4. The van der Waals surface area contributed by atoms with Crippen LogP contribution >= 0.6 is 34.8 Å². The number of rotatable bonds is 5. The molecule has 4 nitrogen and oxygen atoms in total. The number of hydrogen-bond donors (Lipinski definition) is 1. The summed E-state index contributed by atoms with van der Waals surface area (Å²) in [5, 5.41) is 2.35. The van der Waals surface area contributed by atoms with Gasteiger partial charge in [0.05, 0.1) is 22.7 Å². The van der Waals surface area contributed by atoms with Crippen LogP contribution in [0.15, 0.2) is 36.4 Å². The Morgan fingerprint density at radius 3 is 2.37 bits per heavy atom.